The van der Waals surface area contributed by atoms with Crippen LogP contribution in [0.25, 0.3) is 0 Å². The predicted octanol–water partition coefficient (Wildman–Crippen LogP) is 1.73. The van der Waals surface area contributed by atoms with Crippen molar-refractivity contribution in [3.05, 3.63) is 30.3 Å². The van der Waals surface area contributed by atoms with E-state index in [-0.39, 0.29) is 17.9 Å². The Morgan fingerprint density at radius 1 is 1.21 bits per heavy atom. The summed E-state index contributed by atoms with van der Waals surface area (Å²) in [5, 5.41) is 6.32. The summed E-state index contributed by atoms with van der Waals surface area (Å²) in [4.78, 5) is 11.8. The van der Waals surface area contributed by atoms with Gasteiger partial charge in [-0.2, -0.15) is 0 Å². The average Bonchev–Trinajstić information content (AvgIpc) is 2.86. The van der Waals surface area contributed by atoms with E-state index < -0.39 is 0 Å². The summed E-state index contributed by atoms with van der Waals surface area (Å²) in [5.74, 6) is 0.310. The molecule has 4 nitrogen and oxygen atoms in total. The van der Waals surface area contributed by atoms with Crippen molar-refractivity contribution in [1.82, 2.24) is 5.32 Å². The fraction of sp³-hybridized carbons (Fsp3) is 0.533. The number of anilines is 1. The van der Waals surface area contributed by atoms with Crippen LogP contribution in [0.4, 0.5) is 5.69 Å². The molecular weight excluding hydrogens is 238 g/mol. The highest BCUT2D eigenvalue weighted by Gasteiger charge is 2.27. The van der Waals surface area contributed by atoms with Gasteiger partial charge in [-0.15, -0.1) is 0 Å². The number of para-hydroxylation sites is 1. The highest BCUT2D eigenvalue weighted by atomic mass is 16.1. The maximum atomic E-state index is 11.8. The van der Waals surface area contributed by atoms with E-state index in [0.717, 1.165) is 44.5 Å². The average molecular weight is 261 g/mol. The van der Waals surface area contributed by atoms with Crippen molar-refractivity contribution in [1.29, 1.82) is 0 Å². The maximum absolute atomic E-state index is 11.8. The summed E-state index contributed by atoms with van der Waals surface area (Å²) in [6.45, 7) is 1.60. The molecule has 0 saturated heterocycles. The molecule has 1 aliphatic rings. The first-order valence-electron chi connectivity index (χ1n) is 7.08. The lowest BCUT2D eigenvalue weighted by molar-refractivity contribution is -0.124. The molecule has 1 saturated carbocycles. The smallest absolute Gasteiger partial charge is 0.223 e. The molecule has 0 radical (unpaired) electrons. The second-order valence-electron chi connectivity index (χ2n) is 5.21. The molecule has 0 bridgehead atoms. The normalized spacial score (nSPS) is 22.2. The van der Waals surface area contributed by atoms with E-state index in [4.69, 9.17) is 5.73 Å². The zero-order chi connectivity index (χ0) is 13.5. The van der Waals surface area contributed by atoms with Gasteiger partial charge in [0, 0.05) is 30.7 Å². The zero-order valence-electron chi connectivity index (χ0n) is 11.3. The van der Waals surface area contributed by atoms with Crippen molar-refractivity contribution >= 4 is 11.6 Å². The minimum Gasteiger partial charge on any atom is -0.385 e. The third-order valence-electron chi connectivity index (χ3n) is 3.60. The van der Waals surface area contributed by atoms with Gasteiger partial charge >= 0.3 is 0 Å². The van der Waals surface area contributed by atoms with Gasteiger partial charge in [-0.3, -0.25) is 4.79 Å². The van der Waals surface area contributed by atoms with E-state index in [1.165, 1.54) is 0 Å². The number of amides is 1. The molecule has 2 atom stereocenters. The first kappa shape index (κ1) is 13.9. The Morgan fingerprint density at radius 3 is 2.68 bits per heavy atom. The second kappa shape index (κ2) is 7.14. The highest BCUT2D eigenvalue weighted by molar-refractivity contribution is 5.78. The van der Waals surface area contributed by atoms with E-state index in [1.807, 2.05) is 30.3 Å². The number of hydrogen-bond acceptors (Lipinski definition) is 3. The molecule has 4 N–H and O–H groups in total. The lowest BCUT2D eigenvalue weighted by Gasteiger charge is -2.11. The molecule has 2 rings (SSSR count). The van der Waals surface area contributed by atoms with Crippen LogP contribution in [-0.2, 0) is 4.79 Å². The standard InChI is InChI=1S/C15H23N3O/c16-13-8-7-12(11-13)15(19)18-10-4-9-17-14-5-2-1-3-6-14/h1-3,5-6,12-13,17H,4,7-11,16H2,(H,18,19). The number of benzene rings is 1. The Hall–Kier alpha value is -1.55. The first-order valence-corrected chi connectivity index (χ1v) is 7.08. The van der Waals surface area contributed by atoms with Crippen molar-refractivity contribution in [3.8, 4) is 0 Å². The van der Waals surface area contributed by atoms with E-state index in [1.54, 1.807) is 0 Å². The number of carbonyl (C=O) groups excluding carboxylic acids is 1. The molecule has 1 aromatic rings. The Labute approximate surface area is 114 Å². The SMILES string of the molecule is NC1CCC(C(=O)NCCCNc2ccccc2)C1. The second-order valence-corrected chi connectivity index (χ2v) is 5.21. The lowest BCUT2D eigenvalue weighted by atomic mass is 10.1. The van der Waals surface area contributed by atoms with Crippen LogP contribution in [0.3, 0.4) is 0 Å². The first-order chi connectivity index (χ1) is 9.25. The Kier molecular flexibility index (Phi) is 5.21. The summed E-state index contributed by atoms with van der Waals surface area (Å²) < 4.78 is 0. The van der Waals surface area contributed by atoms with Gasteiger partial charge in [0.2, 0.25) is 5.91 Å². The van der Waals surface area contributed by atoms with Gasteiger partial charge in [-0.05, 0) is 37.8 Å². The van der Waals surface area contributed by atoms with Crippen molar-refractivity contribution in [2.24, 2.45) is 11.7 Å². The third-order valence-corrected chi connectivity index (χ3v) is 3.60. The number of carbonyl (C=O) groups is 1. The molecule has 0 aromatic heterocycles. The summed E-state index contributed by atoms with van der Waals surface area (Å²) in [6, 6.07) is 10.3. The predicted molar refractivity (Wildman–Crippen MR) is 77.9 cm³/mol. The van der Waals surface area contributed by atoms with Crippen LogP contribution in [0, 0.1) is 5.92 Å². The van der Waals surface area contributed by atoms with Crippen molar-refractivity contribution < 1.29 is 4.79 Å². The molecule has 1 aromatic carbocycles. The van der Waals surface area contributed by atoms with E-state index in [9.17, 15) is 4.79 Å². The largest absolute Gasteiger partial charge is 0.385 e. The third kappa shape index (κ3) is 4.56. The monoisotopic (exact) mass is 261 g/mol. The summed E-state index contributed by atoms with van der Waals surface area (Å²) >= 11 is 0. The van der Waals surface area contributed by atoms with Gasteiger partial charge in [0.1, 0.15) is 0 Å². The summed E-state index contributed by atoms with van der Waals surface area (Å²) in [6.07, 6.45) is 3.69. The fourth-order valence-corrected chi connectivity index (χ4v) is 2.49. The quantitative estimate of drug-likeness (QED) is 0.683. The molecule has 2 unspecified atom stereocenters. The zero-order valence-corrected chi connectivity index (χ0v) is 11.3. The molecule has 4 heteroatoms. The molecular formula is C15H23N3O. The van der Waals surface area contributed by atoms with Gasteiger partial charge < -0.3 is 16.4 Å². The molecule has 0 aliphatic heterocycles. The lowest BCUT2D eigenvalue weighted by Crippen LogP contribution is -2.31. The van der Waals surface area contributed by atoms with Gasteiger partial charge in [0.15, 0.2) is 0 Å². The van der Waals surface area contributed by atoms with Gasteiger partial charge in [0.05, 0.1) is 0 Å². The Morgan fingerprint density at radius 2 is 2.00 bits per heavy atom. The van der Waals surface area contributed by atoms with Gasteiger partial charge in [0.25, 0.3) is 0 Å². The van der Waals surface area contributed by atoms with Crippen LogP contribution in [0.2, 0.25) is 0 Å². The fourth-order valence-electron chi connectivity index (χ4n) is 2.49. The van der Waals surface area contributed by atoms with Gasteiger partial charge in [-0.25, -0.2) is 0 Å². The van der Waals surface area contributed by atoms with Crippen molar-refractivity contribution in [2.75, 3.05) is 18.4 Å². The molecule has 0 spiro atoms. The van der Waals surface area contributed by atoms with Crippen LogP contribution in [0.15, 0.2) is 30.3 Å². The number of nitrogens with one attached hydrogen (secondary N) is 2. The Balaban J connectivity index is 1.56. The van der Waals surface area contributed by atoms with Crippen molar-refractivity contribution in [2.45, 2.75) is 31.7 Å². The Bertz CT molecular complexity index is 394. The molecule has 104 valence electrons. The van der Waals surface area contributed by atoms with Crippen LogP contribution in [0.1, 0.15) is 25.7 Å². The van der Waals surface area contributed by atoms with Crippen LogP contribution < -0.4 is 16.4 Å². The summed E-state index contributed by atoms with van der Waals surface area (Å²) in [5.41, 5.74) is 6.93. The topological polar surface area (TPSA) is 67.2 Å². The number of rotatable bonds is 6. The van der Waals surface area contributed by atoms with E-state index in [2.05, 4.69) is 10.6 Å². The van der Waals surface area contributed by atoms with E-state index in [0.29, 0.717) is 0 Å². The molecule has 1 amide bonds. The minimum atomic E-state index is 0.136. The molecule has 1 fully saturated rings. The molecule has 1 aliphatic carbocycles. The number of hydrogen-bond donors (Lipinski definition) is 3. The maximum Gasteiger partial charge on any atom is 0.223 e. The number of nitrogens with two attached hydrogens (primary N) is 1. The summed E-state index contributed by atoms with van der Waals surface area (Å²) in [7, 11) is 0. The minimum absolute atomic E-state index is 0.136. The highest BCUT2D eigenvalue weighted by Crippen LogP contribution is 2.23. The molecule has 19 heavy (non-hydrogen) atoms. The van der Waals surface area contributed by atoms with Crippen LogP contribution in [-0.4, -0.2) is 25.0 Å². The van der Waals surface area contributed by atoms with Crippen LogP contribution in [0.5, 0.6) is 0 Å². The molecule has 0 heterocycles. The van der Waals surface area contributed by atoms with Crippen LogP contribution >= 0.6 is 0 Å². The van der Waals surface area contributed by atoms with Crippen molar-refractivity contribution in [3.63, 3.8) is 0 Å². The van der Waals surface area contributed by atoms with E-state index >= 15 is 0 Å². The van der Waals surface area contributed by atoms with Gasteiger partial charge in [-0.1, -0.05) is 18.2 Å².